The number of amides is 1. The molecule has 0 atom stereocenters. The summed E-state index contributed by atoms with van der Waals surface area (Å²) in [4.78, 5) is 38.1. The third-order valence-corrected chi connectivity index (χ3v) is 8.05. The van der Waals surface area contributed by atoms with Crippen molar-refractivity contribution in [1.29, 1.82) is 0 Å². The minimum atomic E-state index is -3.88. The number of carbonyl (C=O) groups excluding carboxylic acids is 1. The number of hydrazine groups is 1. The number of hydrogen-bond donors (Lipinski definition) is 3. The van der Waals surface area contributed by atoms with Gasteiger partial charge in [-0.05, 0) is 48.9 Å². The Hall–Kier alpha value is -4.09. The molecule has 0 bridgehead atoms. The van der Waals surface area contributed by atoms with Crippen molar-refractivity contribution in [2.75, 3.05) is 18.5 Å². The molecule has 0 saturated carbocycles. The smallest absolute Gasteiger partial charge is 0.292 e. The summed E-state index contributed by atoms with van der Waals surface area (Å²) in [7, 11) is -3.88. The first-order valence-corrected chi connectivity index (χ1v) is 12.6. The fraction of sp³-hybridized carbons (Fsp3) is 0.211. The maximum Gasteiger partial charge on any atom is 0.295 e. The van der Waals surface area contributed by atoms with Gasteiger partial charge in [-0.15, -0.1) is 0 Å². The summed E-state index contributed by atoms with van der Waals surface area (Å²) in [6.07, 6.45) is 2.67. The number of nitro benzene ring substituents is 2. The molecule has 0 unspecified atom stereocenters. The molecule has 1 fully saturated rings. The van der Waals surface area contributed by atoms with Gasteiger partial charge in [0, 0.05) is 30.8 Å². The van der Waals surface area contributed by atoms with Crippen LogP contribution in [0.1, 0.15) is 23.2 Å². The van der Waals surface area contributed by atoms with Crippen LogP contribution in [0.4, 0.5) is 17.1 Å². The molecule has 4 rings (SSSR count). The van der Waals surface area contributed by atoms with Gasteiger partial charge in [-0.2, -0.15) is 9.40 Å². The SMILES string of the molecule is O=C(NNc1ccc(S(=O)(=O)N2CCCC2)cc1[N+](=O)[O-])c1ccc(Sc2ncn[nH]2)c([N+](=O)[O-])c1. The molecule has 3 N–H and O–H groups in total. The van der Waals surface area contributed by atoms with E-state index in [1.54, 1.807) is 0 Å². The van der Waals surface area contributed by atoms with Crippen molar-refractivity contribution in [1.82, 2.24) is 24.9 Å². The molecule has 1 saturated heterocycles. The Morgan fingerprint density at radius 3 is 2.42 bits per heavy atom. The summed E-state index contributed by atoms with van der Waals surface area (Å²) in [6, 6.07) is 7.04. The third-order valence-electron chi connectivity index (χ3n) is 5.20. The second kappa shape index (κ2) is 10.3. The summed E-state index contributed by atoms with van der Waals surface area (Å²) in [5.41, 5.74) is 3.46. The molecular weight excluding hydrogens is 516 g/mol. The highest BCUT2D eigenvalue weighted by molar-refractivity contribution is 7.99. The van der Waals surface area contributed by atoms with Gasteiger partial charge < -0.3 is 0 Å². The Bertz CT molecular complexity index is 1420. The Kier molecular flexibility index (Phi) is 7.13. The lowest BCUT2D eigenvalue weighted by atomic mass is 10.2. The van der Waals surface area contributed by atoms with Crippen LogP contribution in [0.25, 0.3) is 0 Å². The van der Waals surface area contributed by atoms with Crippen LogP contribution < -0.4 is 10.9 Å². The number of benzene rings is 2. The molecule has 15 nitrogen and oxygen atoms in total. The predicted octanol–water partition coefficient (Wildman–Crippen LogP) is 2.31. The van der Waals surface area contributed by atoms with Gasteiger partial charge in [0.1, 0.15) is 12.0 Å². The van der Waals surface area contributed by atoms with E-state index >= 15 is 0 Å². The van der Waals surface area contributed by atoms with Crippen LogP contribution in [0.5, 0.6) is 0 Å². The van der Waals surface area contributed by atoms with E-state index in [-0.39, 0.29) is 26.7 Å². The average Bonchev–Trinajstić information content (AvgIpc) is 3.57. The fourth-order valence-corrected chi connectivity index (χ4v) is 5.76. The number of aromatic amines is 1. The molecule has 17 heteroatoms. The van der Waals surface area contributed by atoms with Crippen molar-refractivity contribution in [2.24, 2.45) is 0 Å². The van der Waals surface area contributed by atoms with Crippen LogP contribution in [-0.2, 0) is 10.0 Å². The van der Waals surface area contributed by atoms with Crippen molar-refractivity contribution in [3.05, 3.63) is 68.5 Å². The maximum absolute atomic E-state index is 12.7. The minimum absolute atomic E-state index is 0.0907. The number of nitro groups is 2. The van der Waals surface area contributed by atoms with E-state index in [1.165, 1.54) is 34.9 Å². The van der Waals surface area contributed by atoms with Crippen LogP contribution in [0.3, 0.4) is 0 Å². The van der Waals surface area contributed by atoms with Gasteiger partial charge >= 0.3 is 0 Å². The lowest BCUT2D eigenvalue weighted by Gasteiger charge is -2.16. The number of hydrogen-bond acceptors (Lipinski definition) is 11. The van der Waals surface area contributed by atoms with Crippen LogP contribution >= 0.6 is 11.8 Å². The zero-order valence-corrected chi connectivity index (χ0v) is 19.9. The molecule has 1 aliphatic heterocycles. The summed E-state index contributed by atoms with van der Waals surface area (Å²) in [5.74, 6) is -0.808. The lowest BCUT2D eigenvalue weighted by molar-refractivity contribution is -0.387. The van der Waals surface area contributed by atoms with E-state index in [2.05, 4.69) is 26.0 Å². The number of carbonyl (C=O) groups is 1. The van der Waals surface area contributed by atoms with Gasteiger partial charge in [0.25, 0.3) is 17.3 Å². The molecule has 36 heavy (non-hydrogen) atoms. The summed E-state index contributed by atoms with van der Waals surface area (Å²) in [6.45, 7) is 0.683. The first kappa shape index (κ1) is 25.0. The molecule has 2 aromatic carbocycles. The van der Waals surface area contributed by atoms with Crippen molar-refractivity contribution < 1.29 is 23.1 Å². The van der Waals surface area contributed by atoms with E-state index in [4.69, 9.17) is 0 Å². The molecule has 2 heterocycles. The van der Waals surface area contributed by atoms with Crippen LogP contribution in [0, 0.1) is 20.2 Å². The van der Waals surface area contributed by atoms with Gasteiger partial charge in [-0.3, -0.25) is 41.0 Å². The molecule has 1 aliphatic rings. The molecule has 0 aliphatic carbocycles. The molecule has 0 spiro atoms. The lowest BCUT2D eigenvalue weighted by Crippen LogP contribution is -2.30. The fourth-order valence-electron chi connectivity index (χ4n) is 3.44. The number of sulfonamides is 1. The van der Waals surface area contributed by atoms with Crippen LogP contribution in [0.15, 0.2) is 57.7 Å². The highest BCUT2D eigenvalue weighted by Gasteiger charge is 2.29. The second-order valence-electron chi connectivity index (χ2n) is 7.46. The molecule has 3 aromatic rings. The maximum atomic E-state index is 12.7. The Labute approximate surface area is 207 Å². The van der Waals surface area contributed by atoms with Gasteiger partial charge in [0.2, 0.25) is 10.0 Å². The largest absolute Gasteiger partial charge is 0.295 e. The Balaban J connectivity index is 1.52. The predicted molar refractivity (Wildman–Crippen MR) is 126 cm³/mol. The Morgan fingerprint density at radius 2 is 1.78 bits per heavy atom. The van der Waals surface area contributed by atoms with Gasteiger partial charge in [0.05, 0.1) is 19.6 Å². The van der Waals surface area contributed by atoms with Crippen molar-refractivity contribution >= 4 is 44.8 Å². The van der Waals surface area contributed by atoms with E-state index < -0.39 is 31.5 Å². The summed E-state index contributed by atoms with van der Waals surface area (Å²) < 4.78 is 26.7. The first-order chi connectivity index (χ1) is 17.2. The number of rotatable bonds is 9. The summed E-state index contributed by atoms with van der Waals surface area (Å²) >= 11 is 0.952. The molecule has 188 valence electrons. The molecular formula is C19H18N8O7S2. The van der Waals surface area contributed by atoms with Crippen LogP contribution in [-0.4, -0.2) is 56.7 Å². The zero-order valence-electron chi connectivity index (χ0n) is 18.3. The summed E-state index contributed by atoms with van der Waals surface area (Å²) in [5, 5.41) is 29.6. The van der Waals surface area contributed by atoms with E-state index in [0.29, 0.717) is 31.1 Å². The quantitative estimate of drug-likeness (QED) is 0.268. The van der Waals surface area contributed by atoms with E-state index in [0.717, 1.165) is 23.9 Å². The standard InChI is InChI=1S/C19H18N8O7S2/c28-18(12-3-6-17(16(9-12)27(31)32)35-19-20-11-21-24-19)23-22-14-5-4-13(10-15(14)26(29)30)36(33,34)25-7-1-2-8-25/h3-6,9-11,22H,1-2,7-8H2,(H,23,28)(H,20,21,24). The molecule has 1 amide bonds. The molecule has 0 radical (unpaired) electrons. The van der Waals surface area contributed by atoms with Crippen molar-refractivity contribution in [3.63, 3.8) is 0 Å². The highest BCUT2D eigenvalue weighted by Crippen LogP contribution is 2.34. The second-order valence-corrected chi connectivity index (χ2v) is 10.4. The zero-order chi connectivity index (χ0) is 25.9. The Morgan fingerprint density at radius 1 is 1.06 bits per heavy atom. The van der Waals surface area contributed by atoms with E-state index in [1.807, 2.05) is 0 Å². The highest BCUT2D eigenvalue weighted by atomic mass is 32.2. The monoisotopic (exact) mass is 534 g/mol. The van der Waals surface area contributed by atoms with Crippen molar-refractivity contribution in [3.8, 4) is 0 Å². The normalized spacial score (nSPS) is 13.9. The van der Waals surface area contributed by atoms with Crippen molar-refractivity contribution in [2.45, 2.75) is 27.8 Å². The van der Waals surface area contributed by atoms with Gasteiger partial charge in [-0.25, -0.2) is 13.4 Å². The molecule has 1 aromatic heterocycles. The number of H-pyrrole nitrogens is 1. The average molecular weight is 535 g/mol. The van der Waals surface area contributed by atoms with E-state index in [9.17, 15) is 33.4 Å². The topological polar surface area (TPSA) is 206 Å². The first-order valence-electron chi connectivity index (χ1n) is 10.3. The third kappa shape index (κ3) is 5.26. The number of nitrogens with zero attached hydrogens (tertiary/aromatic N) is 5. The van der Waals surface area contributed by atoms with Crippen LogP contribution in [0.2, 0.25) is 0 Å². The van der Waals surface area contributed by atoms with Gasteiger partial charge in [-0.1, -0.05) is 0 Å². The number of aromatic nitrogens is 3. The number of nitrogens with one attached hydrogen (secondary N) is 3. The van der Waals surface area contributed by atoms with Gasteiger partial charge in [0.15, 0.2) is 5.16 Å². The number of anilines is 1. The minimum Gasteiger partial charge on any atom is -0.292 e.